The van der Waals surface area contributed by atoms with Gasteiger partial charge < -0.3 is 11.5 Å². The average molecular weight is 495 g/mol. The number of nitrogens with zero attached hydrogens (tertiary/aromatic N) is 1. The summed E-state index contributed by atoms with van der Waals surface area (Å²) in [6, 6.07) is 2.92. The first kappa shape index (κ1) is 28.5. The lowest BCUT2D eigenvalue weighted by atomic mass is 9.88. The van der Waals surface area contributed by atoms with Crippen molar-refractivity contribution in [3.8, 4) is 0 Å². The van der Waals surface area contributed by atoms with E-state index in [0.29, 0.717) is 17.3 Å². The Bertz CT molecular complexity index is 1300. The number of nitrogens with one attached hydrogen (secondary N) is 1. The predicted octanol–water partition coefficient (Wildman–Crippen LogP) is 6.97. The highest BCUT2D eigenvalue weighted by atomic mass is 19.3. The van der Waals surface area contributed by atoms with Crippen molar-refractivity contribution in [2.45, 2.75) is 60.3 Å². The fraction of sp³-hybridized carbons (Fsp3) is 0.310. The molecule has 0 fully saturated rings. The number of alkyl halides is 2. The highest BCUT2D eigenvalue weighted by Gasteiger charge is 2.31. The van der Waals surface area contributed by atoms with Crippen molar-refractivity contribution in [3.05, 3.63) is 93.9 Å². The second-order valence-corrected chi connectivity index (χ2v) is 8.74. The summed E-state index contributed by atoms with van der Waals surface area (Å²) in [4.78, 5) is 12.3. The van der Waals surface area contributed by atoms with Gasteiger partial charge in [0.1, 0.15) is 0 Å². The Morgan fingerprint density at radius 3 is 2.42 bits per heavy atom. The lowest BCUT2D eigenvalue weighted by Crippen LogP contribution is -2.21. The zero-order valence-corrected chi connectivity index (χ0v) is 21.9. The van der Waals surface area contributed by atoms with Gasteiger partial charge in [0.15, 0.2) is 0 Å². The molecular formula is C29H36F2N4O. The molecule has 1 amide bonds. The number of nitrogens with two attached hydrogens (primary N) is 2. The highest BCUT2D eigenvalue weighted by molar-refractivity contribution is 6.04. The van der Waals surface area contributed by atoms with Gasteiger partial charge in [0.2, 0.25) is 5.91 Å². The number of H-pyrrole nitrogens is 1. The summed E-state index contributed by atoms with van der Waals surface area (Å²) >= 11 is 0. The number of halogens is 2. The maximum atomic E-state index is 14.9. The van der Waals surface area contributed by atoms with Crippen LogP contribution in [0.25, 0.3) is 16.5 Å². The SMILES string of the molecule is C\C=C/C=C(\C=C(/C)CC)C(/C)=C/C(=C(N)\C(=C\CC)C(N)=O)c1c(C(C)(F)F)ccc2[nH]ncc12. The fourth-order valence-corrected chi connectivity index (χ4v) is 3.81. The number of aromatic nitrogens is 2. The van der Waals surface area contributed by atoms with E-state index < -0.39 is 11.8 Å². The van der Waals surface area contributed by atoms with Gasteiger partial charge in [-0.1, -0.05) is 55.9 Å². The van der Waals surface area contributed by atoms with E-state index >= 15 is 0 Å². The number of primary amides is 1. The largest absolute Gasteiger partial charge is 0.398 e. The number of fused-ring (bicyclic) bond motifs is 1. The van der Waals surface area contributed by atoms with Crippen molar-refractivity contribution in [1.82, 2.24) is 10.2 Å². The first-order valence-corrected chi connectivity index (χ1v) is 12.0. The third-order valence-corrected chi connectivity index (χ3v) is 5.86. The summed E-state index contributed by atoms with van der Waals surface area (Å²) in [6.45, 7) is 10.6. The second-order valence-electron chi connectivity index (χ2n) is 8.74. The van der Waals surface area contributed by atoms with Crippen molar-refractivity contribution in [2.24, 2.45) is 11.5 Å². The minimum absolute atomic E-state index is 0.0319. The van der Waals surface area contributed by atoms with E-state index in [1.54, 1.807) is 18.2 Å². The maximum Gasteiger partial charge on any atom is 0.271 e. The number of rotatable bonds is 10. The maximum absolute atomic E-state index is 14.9. The molecule has 7 heteroatoms. The van der Waals surface area contributed by atoms with Gasteiger partial charge in [-0.15, -0.1) is 0 Å². The average Bonchev–Trinajstić information content (AvgIpc) is 3.30. The van der Waals surface area contributed by atoms with Gasteiger partial charge in [-0.05, 0) is 56.9 Å². The van der Waals surface area contributed by atoms with Crippen LogP contribution in [-0.4, -0.2) is 16.1 Å². The molecule has 0 radical (unpaired) electrons. The van der Waals surface area contributed by atoms with E-state index in [2.05, 4.69) is 17.1 Å². The molecule has 0 aliphatic rings. The molecular weight excluding hydrogens is 458 g/mol. The monoisotopic (exact) mass is 494 g/mol. The Morgan fingerprint density at radius 2 is 1.86 bits per heavy atom. The Morgan fingerprint density at radius 1 is 1.17 bits per heavy atom. The van der Waals surface area contributed by atoms with Crippen LogP contribution in [0, 0.1) is 0 Å². The number of carbonyl (C=O) groups excluding carboxylic acids is 1. The van der Waals surface area contributed by atoms with E-state index in [0.717, 1.165) is 30.1 Å². The molecule has 0 atom stereocenters. The van der Waals surface area contributed by atoms with Crippen LogP contribution in [0.3, 0.4) is 0 Å². The normalized spacial score (nSPS) is 15.1. The van der Waals surface area contributed by atoms with Crippen molar-refractivity contribution in [1.29, 1.82) is 0 Å². The third kappa shape index (κ3) is 6.68. The Hall–Kier alpha value is -3.74. The number of benzene rings is 1. The molecule has 5 N–H and O–H groups in total. The standard InChI is InChI=1S/C29H36F2N4O/c1-7-10-12-20(15-18(4)9-3)19(5)16-22(27(32)21(11-8-2)28(33)36)26-23-17-34-35-25(23)14-13-24(26)29(6,30)31/h7,10-17H,8-9,32H2,1-6H3,(H2,33,36)(H,34,35)/b10-7-,18-15+,19-16+,20-12+,21-11-,27-22-. The highest BCUT2D eigenvalue weighted by Crippen LogP contribution is 2.40. The van der Waals surface area contributed by atoms with E-state index in [-0.39, 0.29) is 28.0 Å². The number of aromatic amines is 1. The molecule has 192 valence electrons. The van der Waals surface area contributed by atoms with Gasteiger partial charge in [0.25, 0.3) is 5.92 Å². The van der Waals surface area contributed by atoms with Crippen LogP contribution in [0.4, 0.5) is 8.78 Å². The predicted molar refractivity (Wildman–Crippen MR) is 145 cm³/mol. The molecule has 36 heavy (non-hydrogen) atoms. The summed E-state index contributed by atoms with van der Waals surface area (Å²) in [5.41, 5.74) is 16.0. The molecule has 2 aromatic rings. The minimum atomic E-state index is -3.18. The third-order valence-electron chi connectivity index (χ3n) is 5.86. The van der Waals surface area contributed by atoms with Crippen molar-refractivity contribution < 1.29 is 13.6 Å². The first-order chi connectivity index (χ1) is 17.0. The van der Waals surface area contributed by atoms with Gasteiger partial charge in [0.05, 0.1) is 23.0 Å². The van der Waals surface area contributed by atoms with E-state index in [4.69, 9.17) is 11.5 Å². The van der Waals surface area contributed by atoms with Crippen LogP contribution in [-0.2, 0) is 10.7 Å². The summed E-state index contributed by atoms with van der Waals surface area (Å²) in [5, 5.41) is 7.36. The fourth-order valence-electron chi connectivity index (χ4n) is 3.81. The van der Waals surface area contributed by atoms with Crippen LogP contribution < -0.4 is 11.5 Å². The number of carbonyl (C=O) groups is 1. The molecule has 0 saturated carbocycles. The van der Waals surface area contributed by atoms with Crippen molar-refractivity contribution >= 4 is 22.4 Å². The Balaban J connectivity index is 3.07. The lowest BCUT2D eigenvalue weighted by Gasteiger charge is -2.20. The van der Waals surface area contributed by atoms with Gasteiger partial charge in [-0.25, -0.2) is 8.78 Å². The minimum Gasteiger partial charge on any atom is -0.398 e. The summed E-state index contributed by atoms with van der Waals surface area (Å²) in [5.74, 6) is -3.91. The van der Waals surface area contributed by atoms with E-state index in [1.165, 1.54) is 12.3 Å². The topological polar surface area (TPSA) is 97.8 Å². The van der Waals surface area contributed by atoms with E-state index in [1.807, 2.05) is 52.0 Å². The molecule has 0 aliphatic heterocycles. The second kappa shape index (κ2) is 12.3. The van der Waals surface area contributed by atoms with Crippen LogP contribution >= 0.6 is 0 Å². The first-order valence-electron chi connectivity index (χ1n) is 12.0. The van der Waals surface area contributed by atoms with Gasteiger partial charge in [0, 0.05) is 29.0 Å². The number of hydrogen-bond donors (Lipinski definition) is 3. The molecule has 1 heterocycles. The quantitative estimate of drug-likeness (QED) is 0.246. The smallest absolute Gasteiger partial charge is 0.271 e. The molecule has 1 aromatic carbocycles. The molecule has 0 unspecified atom stereocenters. The molecule has 0 aliphatic carbocycles. The van der Waals surface area contributed by atoms with Gasteiger partial charge in [-0.3, -0.25) is 9.89 Å². The Labute approximate surface area is 212 Å². The molecule has 5 nitrogen and oxygen atoms in total. The van der Waals surface area contributed by atoms with E-state index in [9.17, 15) is 13.6 Å². The van der Waals surface area contributed by atoms with Crippen molar-refractivity contribution in [2.75, 3.05) is 0 Å². The molecule has 1 aromatic heterocycles. The summed E-state index contributed by atoms with van der Waals surface area (Å²) in [6.07, 6.45) is 14.0. The molecule has 0 spiro atoms. The number of hydrogen-bond acceptors (Lipinski definition) is 3. The Kier molecular flexibility index (Phi) is 9.73. The lowest BCUT2D eigenvalue weighted by molar-refractivity contribution is -0.114. The number of amides is 1. The molecule has 2 rings (SSSR count). The zero-order chi connectivity index (χ0) is 27.0. The zero-order valence-electron chi connectivity index (χ0n) is 21.9. The molecule has 0 bridgehead atoms. The van der Waals surface area contributed by atoms with Crippen LogP contribution in [0.15, 0.2) is 82.8 Å². The van der Waals surface area contributed by atoms with Crippen LogP contribution in [0.5, 0.6) is 0 Å². The summed E-state index contributed by atoms with van der Waals surface area (Å²) < 4.78 is 29.8. The van der Waals surface area contributed by atoms with Crippen molar-refractivity contribution in [3.63, 3.8) is 0 Å². The van der Waals surface area contributed by atoms with Gasteiger partial charge >= 0.3 is 0 Å². The molecule has 0 saturated heterocycles. The van der Waals surface area contributed by atoms with Crippen LogP contribution in [0.1, 0.15) is 65.5 Å². The number of allylic oxidation sites excluding steroid dienone is 10. The van der Waals surface area contributed by atoms with Gasteiger partial charge in [-0.2, -0.15) is 5.10 Å². The van der Waals surface area contributed by atoms with Crippen LogP contribution in [0.2, 0.25) is 0 Å². The summed E-state index contributed by atoms with van der Waals surface area (Å²) in [7, 11) is 0.